The molecular formula is C18H21FN2O4. The van der Waals surface area contributed by atoms with Gasteiger partial charge in [-0.25, -0.2) is 4.39 Å². The molecule has 134 valence electrons. The number of ketones is 1. The Morgan fingerprint density at radius 2 is 2.04 bits per heavy atom. The smallest absolute Gasteiger partial charge is 0.290 e. The van der Waals surface area contributed by atoms with Gasteiger partial charge in [-0.3, -0.25) is 14.5 Å². The monoisotopic (exact) mass is 348 g/mol. The van der Waals surface area contributed by atoms with Crippen LogP contribution >= 0.6 is 0 Å². The number of hydrogen-bond acceptors (Lipinski definition) is 5. The minimum Gasteiger partial charge on any atom is -0.503 e. The molecule has 1 N–H and O–H groups in total. The predicted molar refractivity (Wildman–Crippen MR) is 88.4 cm³/mol. The van der Waals surface area contributed by atoms with Gasteiger partial charge >= 0.3 is 0 Å². The van der Waals surface area contributed by atoms with E-state index in [1.54, 1.807) is 6.07 Å². The minimum absolute atomic E-state index is 0.0255. The van der Waals surface area contributed by atoms with E-state index < -0.39 is 29.3 Å². The molecular weight excluding hydrogens is 327 g/mol. The zero-order valence-electron chi connectivity index (χ0n) is 14.1. The molecule has 1 aromatic carbocycles. The maximum absolute atomic E-state index is 13.7. The molecule has 0 aliphatic carbocycles. The SMILES string of the molecule is CC(=O)C1=C(O)C(=O)N(CCN2CCOCC2)[C@@H]1c1cccc(F)c1. The van der Waals surface area contributed by atoms with E-state index in [-0.39, 0.29) is 5.57 Å². The lowest BCUT2D eigenvalue weighted by Crippen LogP contribution is -2.43. The van der Waals surface area contributed by atoms with Gasteiger partial charge in [0.2, 0.25) is 0 Å². The van der Waals surface area contributed by atoms with E-state index in [1.807, 2.05) is 0 Å². The van der Waals surface area contributed by atoms with Crippen LogP contribution < -0.4 is 0 Å². The highest BCUT2D eigenvalue weighted by molar-refractivity contribution is 6.08. The van der Waals surface area contributed by atoms with Crippen LogP contribution in [-0.4, -0.2) is 66.0 Å². The molecule has 1 saturated heterocycles. The Kier molecular flexibility index (Phi) is 5.15. The number of hydrogen-bond donors (Lipinski definition) is 1. The first kappa shape index (κ1) is 17.6. The molecule has 0 unspecified atom stereocenters. The molecule has 2 aliphatic heterocycles. The Morgan fingerprint density at radius 1 is 1.32 bits per heavy atom. The number of carbonyl (C=O) groups excluding carboxylic acids is 2. The minimum atomic E-state index is -0.762. The quantitative estimate of drug-likeness (QED) is 0.872. The summed E-state index contributed by atoms with van der Waals surface area (Å²) in [5.41, 5.74) is 0.502. The van der Waals surface area contributed by atoms with E-state index >= 15 is 0 Å². The first-order chi connectivity index (χ1) is 12.0. The number of carbonyl (C=O) groups is 2. The van der Waals surface area contributed by atoms with Crippen LogP contribution in [0, 0.1) is 5.82 Å². The first-order valence-corrected chi connectivity index (χ1v) is 8.29. The number of rotatable bonds is 5. The number of aliphatic hydroxyl groups excluding tert-OH is 1. The Hall–Kier alpha value is -2.25. The molecule has 7 heteroatoms. The summed E-state index contributed by atoms with van der Waals surface area (Å²) in [5.74, 6) is -1.97. The van der Waals surface area contributed by atoms with Crippen LogP contribution in [0.25, 0.3) is 0 Å². The van der Waals surface area contributed by atoms with Crippen molar-refractivity contribution < 1.29 is 23.8 Å². The summed E-state index contributed by atoms with van der Waals surface area (Å²) in [5, 5.41) is 10.2. The van der Waals surface area contributed by atoms with E-state index in [2.05, 4.69) is 4.90 Å². The summed E-state index contributed by atoms with van der Waals surface area (Å²) in [6, 6.07) is 5.02. The Labute approximate surface area is 145 Å². The number of amides is 1. The number of aliphatic hydroxyl groups is 1. The van der Waals surface area contributed by atoms with Gasteiger partial charge in [-0.2, -0.15) is 0 Å². The summed E-state index contributed by atoms with van der Waals surface area (Å²) in [7, 11) is 0. The van der Waals surface area contributed by atoms with Crippen LogP contribution in [0.2, 0.25) is 0 Å². The first-order valence-electron chi connectivity index (χ1n) is 8.29. The fourth-order valence-electron chi connectivity index (χ4n) is 3.34. The molecule has 0 aromatic heterocycles. The van der Waals surface area contributed by atoms with Gasteiger partial charge in [-0.05, 0) is 24.6 Å². The highest BCUT2D eigenvalue weighted by atomic mass is 19.1. The second-order valence-electron chi connectivity index (χ2n) is 6.23. The summed E-state index contributed by atoms with van der Waals surface area (Å²) in [6.45, 7) is 5.06. The maximum atomic E-state index is 13.7. The van der Waals surface area contributed by atoms with Crippen molar-refractivity contribution in [3.05, 3.63) is 47.0 Å². The number of Topliss-reactive ketones (excluding diaryl/α,β-unsaturated/α-hetero) is 1. The van der Waals surface area contributed by atoms with E-state index in [0.717, 1.165) is 13.1 Å². The van der Waals surface area contributed by atoms with E-state index in [1.165, 1.54) is 30.0 Å². The topological polar surface area (TPSA) is 70.1 Å². The molecule has 0 radical (unpaired) electrons. The van der Waals surface area contributed by atoms with Crippen molar-refractivity contribution >= 4 is 11.7 Å². The standard InChI is InChI=1S/C18H21FN2O4/c1-12(22)15-16(13-3-2-4-14(19)11-13)21(18(24)17(15)23)6-5-20-7-9-25-10-8-20/h2-4,11,16,23H,5-10H2,1H3/t16-/m1/s1. The molecule has 2 aliphatic rings. The van der Waals surface area contributed by atoms with Crippen LogP contribution in [-0.2, 0) is 14.3 Å². The second kappa shape index (κ2) is 7.33. The van der Waals surface area contributed by atoms with Gasteiger partial charge in [0.05, 0.1) is 24.8 Å². The normalized spacial score (nSPS) is 21.9. The summed E-state index contributed by atoms with van der Waals surface area (Å²) < 4.78 is 19.0. The number of nitrogens with zero attached hydrogens (tertiary/aromatic N) is 2. The van der Waals surface area contributed by atoms with E-state index in [9.17, 15) is 19.1 Å². The van der Waals surface area contributed by atoms with Crippen LogP contribution in [0.5, 0.6) is 0 Å². The van der Waals surface area contributed by atoms with Gasteiger partial charge < -0.3 is 14.7 Å². The van der Waals surface area contributed by atoms with Gasteiger partial charge in [-0.15, -0.1) is 0 Å². The van der Waals surface area contributed by atoms with Gasteiger partial charge in [0.15, 0.2) is 11.5 Å². The average Bonchev–Trinajstić information content (AvgIpc) is 2.85. The Morgan fingerprint density at radius 3 is 2.68 bits per heavy atom. The van der Waals surface area contributed by atoms with Crippen molar-refractivity contribution in [1.29, 1.82) is 0 Å². The van der Waals surface area contributed by atoms with Crippen molar-refractivity contribution in [1.82, 2.24) is 9.80 Å². The Bertz CT molecular complexity index is 713. The molecule has 1 amide bonds. The average molecular weight is 348 g/mol. The highest BCUT2D eigenvalue weighted by Crippen LogP contribution is 2.37. The highest BCUT2D eigenvalue weighted by Gasteiger charge is 2.42. The van der Waals surface area contributed by atoms with E-state index in [4.69, 9.17) is 4.74 Å². The lowest BCUT2D eigenvalue weighted by Gasteiger charge is -2.31. The molecule has 1 fully saturated rings. The van der Waals surface area contributed by atoms with Crippen LogP contribution in [0.4, 0.5) is 4.39 Å². The molecule has 0 spiro atoms. The van der Waals surface area contributed by atoms with Crippen LogP contribution in [0.3, 0.4) is 0 Å². The van der Waals surface area contributed by atoms with Crippen molar-refractivity contribution in [3.63, 3.8) is 0 Å². The number of benzene rings is 1. The van der Waals surface area contributed by atoms with Gasteiger partial charge in [-0.1, -0.05) is 12.1 Å². The summed E-state index contributed by atoms with van der Waals surface area (Å²) in [6.07, 6.45) is 0. The van der Waals surface area contributed by atoms with Gasteiger partial charge in [0.1, 0.15) is 5.82 Å². The zero-order chi connectivity index (χ0) is 18.0. The van der Waals surface area contributed by atoms with Crippen molar-refractivity contribution in [2.24, 2.45) is 0 Å². The van der Waals surface area contributed by atoms with Crippen LogP contribution in [0.15, 0.2) is 35.6 Å². The molecule has 1 aromatic rings. The molecule has 0 saturated carbocycles. The Balaban J connectivity index is 1.87. The zero-order valence-corrected chi connectivity index (χ0v) is 14.1. The molecule has 25 heavy (non-hydrogen) atoms. The molecule has 0 bridgehead atoms. The largest absolute Gasteiger partial charge is 0.503 e. The van der Waals surface area contributed by atoms with Crippen molar-refractivity contribution in [2.45, 2.75) is 13.0 Å². The third kappa shape index (κ3) is 3.57. The predicted octanol–water partition coefficient (Wildman–Crippen LogP) is 1.44. The number of morpholine rings is 1. The lowest BCUT2D eigenvalue weighted by molar-refractivity contribution is -0.129. The third-order valence-electron chi connectivity index (χ3n) is 4.61. The van der Waals surface area contributed by atoms with E-state index in [0.29, 0.717) is 31.9 Å². The fourth-order valence-corrected chi connectivity index (χ4v) is 3.34. The van der Waals surface area contributed by atoms with Crippen LogP contribution in [0.1, 0.15) is 18.5 Å². The summed E-state index contributed by atoms with van der Waals surface area (Å²) >= 11 is 0. The summed E-state index contributed by atoms with van der Waals surface area (Å²) in [4.78, 5) is 28.1. The second-order valence-corrected chi connectivity index (χ2v) is 6.23. The molecule has 3 rings (SSSR count). The van der Waals surface area contributed by atoms with Crippen molar-refractivity contribution in [3.8, 4) is 0 Å². The molecule has 2 heterocycles. The molecule has 1 atom stereocenters. The van der Waals surface area contributed by atoms with Gasteiger partial charge in [0, 0.05) is 26.2 Å². The van der Waals surface area contributed by atoms with Crippen molar-refractivity contribution in [2.75, 3.05) is 39.4 Å². The van der Waals surface area contributed by atoms with Gasteiger partial charge in [0.25, 0.3) is 5.91 Å². The molecule has 6 nitrogen and oxygen atoms in total. The fraction of sp³-hybridized carbons (Fsp3) is 0.444. The third-order valence-corrected chi connectivity index (χ3v) is 4.61. The number of ether oxygens (including phenoxy) is 1. The lowest BCUT2D eigenvalue weighted by atomic mass is 9.96. The number of halogens is 1. The maximum Gasteiger partial charge on any atom is 0.290 e.